The summed E-state index contributed by atoms with van der Waals surface area (Å²) in [6.45, 7) is 3.25. The van der Waals surface area contributed by atoms with Gasteiger partial charge in [-0.2, -0.15) is 5.10 Å². The lowest BCUT2D eigenvalue weighted by Gasteiger charge is -2.10. The van der Waals surface area contributed by atoms with E-state index < -0.39 is 20.7 Å². The van der Waals surface area contributed by atoms with Crippen LogP contribution in [0.2, 0.25) is 5.02 Å². The van der Waals surface area contributed by atoms with Crippen molar-refractivity contribution in [3.63, 3.8) is 0 Å². The predicted molar refractivity (Wildman–Crippen MR) is 74.7 cm³/mol. The zero-order valence-corrected chi connectivity index (χ0v) is 12.2. The molecule has 0 aliphatic heterocycles. The van der Waals surface area contributed by atoms with E-state index in [-0.39, 0.29) is 16.4 Å². The highest BCUT2D eigenvalue weighted by Gasteiger charge is 2.24. The normalized spacial score (nSPS) is 11.6. The third kappa shape index (κ3) is 2.56. The number of hydrogen-bond acceptors (Lipinski definition) is 4. The Kier molecular flexibility index (Phi) is 3.61. The van der Waals surface area contributed by atoms with E-state index >= 15 is 0 Å². The van der Waals surface area contributed by atoms with Gasteiger partial charge in [-0.3, -0.25) is 9.82 Å². The van der Waals surface area contributed by atoms with E-state index in [0.29, 0.717) is 11.4 Å². The molecule has 6 nitrogen and oxygen atoms in total. The SMILES string of the molecule is Cc1n[nH]c(C)c1NS(=O)(=O)c1cc(Cl)cc(N)c1F. The van der Waals surface area contributed by atoms with E-state index in [1.807, 2.05) is 0 Å². The van der Waals surface area contributed by atoms with Crippen LogP contribution in [-0.2, 0) is 10.0 Å². The van der Waals surface area contributed by atoms with E-state index in [1.54, 1.807) is 13.8 Å². The lowest BCUT2D eigenvalue weighted by Crippen LogP contribution is -2.16. The van der Waals surface area contributed by atoms with Crippen LogP contribution in [0, 0.1) is 19.7 Å². The Morgan fingerprint density at radius 3 is 2.60 bits per heavy atom. The maximum absolute atomic E-state index is 13.9. The molecule has 0 fully saturated rings. The molecule has 0 bridgehead atoms. The number of benzene rings is 1. The van der Waals surface area contributed by atoms with Crippen molar-refractivity contribution in [1.82, 2.24) is 10.2 Å². The lowest BCUT2D eigenvalue weighted by molar-refractivity contribution is 0.573. The van der Waals surface area contributed by atoms with Crippen molar-refractivity contribution in [2.45, 2.75) is 18.7 Å². The summed E-state index contributed by atoms with van der Waals surface area (Å²) >= 11 is 5.72. The van der Waals surface area contributed by atoms with Crippen LogP contribution >= 0.6 is 11.6 Å². The number of aromatic amines is 1. The number of aromatic nitrogens is 2. The number of nitrogens with zero attached hydrogens (tertiary/aromatic N) is 1. The smallest absolute Gasteiger partial charge is 0.265 e. The minimum absolute atomic E-state index is 0.0323. The second kappa shape index (κ2) is 4.95. The number of aryl methyl sites for hydroxylation is 2. The van der Waals surface area contributed by atoms with Gasteiger partial charge in [0.25, 0.3) is 10.0 Å². The summed E-state index contributed by atoms with van der Waals surface area (Å²) in [4.78, 5) is -0.609. The van der Waals surface area contributed by atoms with Gasteiger partial charge in [0.15, 0.2) is 5.82 Å². The Morgan fingerprint density at radius 1 is 1.40 bits per heavy atom. The number of nitrogens with one attached hydrogen (secondary N) is 2. The van der Waals surface area contributed by atoms with Crippen molar-refractivity contribution in [2.75, 3.05) is 10.5 Å². The second-order valence-electron chi connectivity index (χ2n) is 4.22. The van der Waals surface area contributed by atoms with Gasteiger partial charge in [-0.05, 0) is 26.0 Å². The minimum atomic E-state index is -4.15. The molecule has 0 atom stereocenters. The van der Waals surface area contributed by atoms with E-state index in [2.05, 4.69) is 14.9 Å². The summed E-state index contributed by atoms with van der Waals surface area (Å²) in [6.07, 6.45) is 0. The molecule has 0 unspecified atom stereocenters. The minimum Gasteiger partial charge on any atom is -0.396 e. The number of nitrogens with two attached hydrogens (primary N) is 1. The highest BCUT2D eigenvalue weighted by atomic mass is 35.5. The highest BCUT2D eigenvalue weighted by molar-refractivity contribution is 7.92. The van der Waals surface area contributed by atoms with E-state index in [0.717, 1.165) is 12.1 Å². The molecule has 0 radical (unpaired) electrons. The zero-order chi connectivity index (χ0) is 15.1. The number of rotatable bonds is 3. The maximum Gasteiger partial charge on any atom is 0.265 e. The molecule has 0 saturated carbocycles. The predicted octanol–water partition coefficient (Wildman–Crippen LogP) is 2.20. The second-order valence-corrected chi connectivity index (χ2v) is 6.31. The molecular weight excluding hydrogens is 307 g/mol. The zero-order valence-electron chi connectivity index (χ0n) is 10.7. The van der Waals surface area contributed by atoms with Crippen molar-refractivity contribution in [3.8, 4) is 0 Å². The van der Waals surface area contributed by atoms with Crippen LogP contribution in [0.5, 0.6) is 0 Å². The maximum atomic E-state index is 13.9. The average Bonchev–Trinajstić information content (AvgIpc) is 2.65. The summed E-state index contributed by atoms with van der Waals surface area (Å²) in [5, 5.41) is 6.51. The van der Waals surface area contributed by atoms with Crippen molar-refractivity contribution < 1.29 is 12.8 Å². The fourth-order valence-electron chi connectivity index (χ4n) is 1.67. The molecule has 4 N–H and O–H groups in total. The van der Waals surface area contributed by atoms with Gasteiger partial charge in [0.1, 0.15) is 4.90 Å². The molecule has 1 heterocycles. The molecule has 9 heteroatoms. The first-order valence-electron chi connectivity index (χ1n) is 5.51. The quantitative estimate of drug-likeness (QED) is 0.755. The number of nitrogen functional groups attached to an aromatic ring is 1. The third-order valence-electron chi connectivity index (χ3n) is 2.69. The molecule has 0 aliphatic carbocycles. The van der Waals surface area contributed by atoms with Crippen LogP contribution in [-0.4, -0.2) is 18.6 Å². The third-order valence-corrected chi connectivity index (χ3v) is 4.25. The van der Waals surface area contributed by atoms with Crippen LogP contribution < -0.4 is 10.5 Å². The molecule has 0 spiro atoms. The van der Waals surface area contributed by atoms with Gasteiger partial charge in [0.05, 0.1) is 22.8 Å². The van der Waals surface area contributed by atoms with Crippen LogP contribution in [0.15, 0.2) is 17.0 Å². The molecular formula is C11H12ClFN4O2S. The standard InChI is InChI=1S/C11H12ClFN4O2S/c1-5-11(6(2)16-15-5)17-20(18,19)9-4-7(12)3-8(14)10(9)13/h3-4,17H,14H2,1-2H3,(H,15,16). The monoisotopic (exact) mass is 318 g/mol. The first kappa shape index (κ1) is 14.6. The van der Waals surface area contributed by atoms with Crippen LogP contribution in [0.25, 0.3) is 0 Å². The summed E-state index contributed by atoms with van der Waals surface area (Å²) in [7, 11) is -4.15. The number of halogens is 2. The van der Waals surface area contributed by atoms with Gasteiger partial charge in [0.2, 0.25) is 0 Å². The average molecular weight is 319 g/mol. The van der Waals surface area contributed by atoms with E-state index in [4.69, 9.17) is 17.3 Å². The van der Waals surface area contributed by atoms with Crippen LogP contribution in [0.3, 0.4) is 0 Å². The molecule has 2 rings (SSSR count). The summed E-state index contributed by atoms with van der Waals surface area (Å²) in [5.74, 6) is -1.04. The van der Waals surface area contributed by atoms with Gasteiger partial charge >= 0.3 is 0 Å². The fraction of sp³-hybridized carbons (Fsp3) is 0.182. The topological polar surface area (TPSA) is 101 Å². The summed E-state index contributed by atoms with van der Waals surface area (Å²) in [6, 6.07) is 2.14. The molecule has 1 aromatic heterocycles. The number of hydrogen-bond donors (Lipinski definition) is 3. The van der Waals surface area contributed by atoms with Gasteiger partial charge in [-0.1, -0.05) is 11.6 Å². The first-order chi connectivity index (χ1) is 9.22. The van der Waals surface area contributed by atoms with E-state index in [1.165, 1.54) is 0 Å². The van der Waals surface area contributed by atoms with Crippen LogP contribution in [0.1, 0.15) is 11.4 Å². The molecule has 0 aliphatic rings. The summed E-state index contributed by atoms with van der Waals surface area (Å²) in [5.41, 5.74) is 6.27. The molecule has 108 valence electrons. The van der Waals surface area contributed by atoms with Crippen molar-refractivity contribution in [2.24, 2.45) is 0 Å². The Hall–Kier alpha value is -1.80. The van der Waals surface area contributed by atoms with Crippen molar-refractivity contribution in [3.05, 3.63) is 34.4 Å². The Labute approximate surface area is 120 Å². The molecule has 0 saturated heterocycles. The number of H-pyrrole nitrogens is 1. The van der Waals surface area contributed by atoms with Crippen molar-refractivity contribution in [1.29, 1.82) is 0 Å². The van der Waals surface area contributed by atoms with Gasteiger partial charge in [0, 0.05) is 5.02 Å². The molecule has 1 aromatic carbocycles. The van der Waals surface area contributed by atoms with Gasteiger partial charge in [-0.25, -0.2) is 12.8 Å². The Balaban J connectivity index is 2.52. The Bertz CT molecular complexity index is 753. The number of anilines is 2. The van der Waals surface area contributed by atoms with Crippen molar-refractivity contribution >= 4 is 33.0 Å². The summed E-state index contributed by atoms with van der Waals surface area (Å²) < 4.78 is 40.6. The first-order valence-corrected chi connectivity index (χ1v) is 7.37. The van der Waals surface area contributed by atoms with Crippen LogP contribution in [0.4, 0.5) is 15.8 Å². The largest absolute Gasteiger partial charge is 0.396 e. The fourth-order valence-corrected chi connectivity index (χ4v) is 3.28. The van der Waals surface area contributed by atoms with Gasteiger partial charge in [-0.15, -0.1) is 0 Å². The van der Waals surface area contributed by atoms with Gasteiger partial charge < -0.3 is 5.73 Å². The molecule has 2 aromatic rings. The molecule has 20 heavy (non-hydrogen) atoms. The van der Waals surface area contributed by atoms with E-state index in [9.17, 15) is 12.8 Å². The molecule has 0 amide bonds. The number of sulfonamides is 1. The highest BCUT2D eigenvalue weighted by Crippen LogP contribution is 2.28. The Morgan fingerprint density at radius 2 is 2.05 bits per heavy atom. The lowest BCUT2D eigenvalue weighted by atomic mass is 10.3.